The normalized spacial score (nSPS) is 9.71. The molecule has 0 saturated heterocycles. The smallest absolute Gasteiger partial charge is 0.258 e. The van der Waals surface area contributed by atoms with E-state index < -0.39 is 0 Å². The van der Waals surface area contributed by atoms with E-state index >= 15 is 0 Å². The molecule has 2 rings (SSSR count). The van der Waals surface area contributed by atoms with Crippen molar-refractivity contribution >= 4 is 28.5 Å². The average molecular weight is 392 g/mol. The summed E-state index contributed by atoms with van der Waals surface area (Å²) in [6.45, 7) is 0.400. The van der Waals surface area contributed by atoms with Crippen LogP contribution in [0.3, 0.4) is 0 Å². The summed E-state index contributed by atoms with van der Waals surface area (Å²) in [6.07, 6.45) is 0. The molecule has 0 bridgehead atoms. The fraction of sp³-hybridized carbons (Fsp3) is 0.125. The minimum atomic E-state index is -0.182. The summed E-state index contributed by atoms with van der Waals surface area (Å²) in [6, 6.07) is 16.6. The van der Waals surface area contributed by atoms with Crippen LogP contribution in [0, 0.1) is 14.9 Å². The van der Waals surface area contributed by atoms with Gasteiger partial charge in [-0.25, -0.2) is 0 Å². The SMILES string of the molecule is N#Cc1ccc(CNC(=O)COc2ccc(I)cc2)cc1. The molecule has 4 nitrogen and oxygen atoms in total. The second-order valence-corrected chi connectivity index (χ2v) is 5.57. The lowest BCUT2D eigenvalue weighted by Gasteiger charge is -2.07. The van der Waals surface area contributed by atoms with E-state index in [1.165, 1.54) is 0 Å². The first kappa shape index (κ1) is 15.3. The number of carbonyl (C=O) groups excluding carboxylic acids is 1. The van der Waals surface area contributed by atoms with Crippen LogP contribution in [0.1, 0.15) is 11.1 Å². The fourth-order valence-corrected chi connectivity index (χ4v) is 1.99. The van der Waals surface area contributed by atoms with Gasteiger partial charge in [0.25, 0.3) is 5.91 Å². The van der Waals surface area contributed by atoms with Gasteiger partial charge in [0.05, 0.1) is 11.6 Å². The van der Waals surface area contributed by atoms with Gasteiger partial charge < -0.3 is 10.1 Å². The second-order valence-electron chi connectivity index (χ2n) is 4.33. The molecular weight excluding hydrogens is 379 g/mol. The van der Waals surface area contributed by atoms with E-state index in [4.69, 9.17) is 10.00 Å². The van der Waals surface area contributed by atoms with Crippen molar-refractivity contribution in [3.8, 4) is 11.8 Å². The van der Waals surface area contributed by atoms with Crippen molar-refractivity contribution in [2.75, 3.05) is 6.61 Å². The second kappa shape index (κ2) is 7.64. The monoisotopic (exact) mass is 392 g/mol. The average Bonchev–Trinajstić information content (AvgIpc) is 2.53. The zero-order chi connectivity index (χ0) is 15.1. The Morgan fingerprint density at radius 1 is 1.14 bits per heavy atom. The quantitative estimate of drug-likeness (QED) is 0.797. The molecule has 0 atom stereocenters. The number of amides is 1. The Hall–Kier alpha value is -2.07. The molecule has 106 valence electrons. The largest absolute Gasteiger partial charge is 0.484 e. The van der Waals surface area contributed by atoms with Crippen molar-refractivity contribution < 1.29 is 9.53 Å². The zero-order valence-corrected chi connectivity index (χ0v) is 13.3. The number of hydrogen-bond acceptors (Lipinski definition) is 3. The summed E-state index contributed by atoms with van der Waals surface area (Å²) in [5.74, 6) is 0.488. The van der Waals surface area contributed by atoms with Crippen molar-refractivity contribution in [3.05, 3.63) is 63.2 Å². The summed E-state index contributed by atoms with van der Waals surface area (Å²) >= 11 is 2.21. The lowest BCUT2D eigenvalue weighted by atomic mass is 10.1. The Morgan fingerprint density at radius 3 is 2.43 bits per heavy atom. The first-order valence-electron chi connectivity index (χ1n) is 6.31. The molecule has 2 aromatic rings. The summed E-state index contributed by atoms with van der Waals surface area (Å²) in [5, 5.41) is 11.5. The van der Waals surface area contributed by atoms with Crippen molar-refractivity contribution in [3.63, 3.8) is 0 Å². The highest BCUT2D eigenvalue weighted by molar-refractivity contribution is 14.1. The molecule has 0 aliphatic carbocycles. The molecule has 0 aliphatic heterocycles. The summed E-state index contributed by atoms with van der Waals surface area (Å²) in [4.78, 5) is 11.7. The van der Waals surface area contributed by atoms with Gasteiger partial charge in [0.15, 0.2) is 6.61 Å². The molecule has 0 heterocycles. The van der Waals surface area contributed by atoms with Crippen LogP contribution >= 0.6 is 22.6 Å². The topological polar surface area (TPSA) is 62.1 Å². The van der Waals surface area contributed by atoms with Crippen LogP contribution in [0.2, 0.25) is 0 Å². The number of halogens is 1. The van der Waals surface area contributed by atoms with E-state index in [0.717, 1.165) is 9.13 Å². The maximum atomic E-state index is 11.7. The third-order valence-corrected chi connectivity index (χ3v) is 3.48. The van der Waals surface area contributed by atoms with Gasteiger partial charge >= 0.3 is 0 Å². The van der Waals surface area contributed by atoms with Gasteiger partial charge in [-0.3, -0.25) is 4.79 Å². The molecule has 1 amide bonds. The highest BCUT2D eigenvalue weighted by Gasteiger charge is 2.03. The predicted molar refractivity (Wildman–Crippen MR) is 87.7 cm³/mol. The number of rotatable bonds is 5. The van der Waals surface area contributed by atoms with E-state index in [9.17, 15) is 4.79 Å². The van der Waals surface area contributed by atoms with Crippen LogP contribution in [-0.4, -0.2) is 12.5 Å². The Labute approximate surface area is 136 Å². The molecule has 0 unspecified atom stereocenters. The molecular formula is C16H13IN2O2. The van der Waals surface area contributed by atoms with Crippen LogP contribution < -0.4 is 10.1 Å². The first-order chi connectivity index (χ1) is 10.2. The van der Waals surface area contributed by atoms with Gasteiger partial charge in [-0.15, -0.1) is 0 Å². The van der Waals surface area contributed by atoms with Gasteiger partial charge in [0.2, 0.25) is 0 Å². The highest BCUT2D eigenvalue weighted by atomic mass is 127. The molecule has 1 N–H and O–H groups in total. The lowest BCUT2D eigenvalue weighted by Crippen LogP contribution is -2.28. The highest BCUT2D eigenvalue weighted by Crippen LogP contribution is 2.13. The van der Waals surface area contributed by atoms with Crippen molar-refractivity contribution in [2.24, 2.45) is 0 Å². The molecule has 21 heavy (non-hydrogen) atoms. The van der Waals surface area contributed by atoms with E-state index in [1.807, 2.05) is 36.4 Å². The van der Waals surface area contributed by atoms with Crippen molar-refractivity contribution in [1.29, 1.82) is 5.26 Å². The van der Waals surface area contributed by atoms with E-state index in [0.29, 0.717) is 17.9 Å². The Morgan fingerprint density at radius 2 is 1.81 bits per heavy atom. The molecule has 0 saturated carbocycles. The lowest BCUT2D eigenvalue weighted by molar-refractivity contribution is -0.123. The maximum absolute atomic E-state index is 11.7. The minimum absolute atomic E-state index is 0.0170. The van der Waals surface area contributed by atoms with E-state index in [1.54, 1.807) is 12.1 Å². The molecule has 0 fully saturated rings. The Bertz CT molecular complexity index is 645. The number of benzene rings is 2. The molecule has 0 radical (unpaired) electrons. The fourth-order valence-electron chi connectivity index (χ4n) is 1.63. The Kier molecular flexibility index (Phi) is 5.58. The predicted octanol–water partition coefficient (Wildman–Crippen LogP) is 2.86. The Balaban J connectivity index is 1.76. The minimum Gasteiger partial charge on any atom is -0.484 e. The van der Waals surface area contributed by atoms with Crippen LogP contribution in [0.15, 0.2) is 48.5 Å². The van der Waals surface area contributed by atoms with Crippen LogP contribution in [0.4, 0.5) is 0 Å². The number of carbonyl (C=O) groups is 1. The van der Waals surface area contributed by atoms with Gasteiger partial charge in [-0.2, -0.15) is 5.26 Å². The number of nitrogens with zero attached hydrogens (tertiary/aromatic N) is 1. The zero-order valence-electron chi connectivity index (χ0n) is 11.2. The number of nitrogens with one attached hydrogen (secondary N) is 1. The molecule has 0 aromatic heterocycles. The molecule has 5 heteroatoms. The third kappa shape index (κ3) is 5.08. The molecule has 0 aliphatic rings. The van der Waals surface area contributed by atoms with E-state index in [-0.39, 0.29) is 12.5 Å². The van der Waals surface area contributed by atoms with Gasteiger partial charge in [0.1, 0.15) is 5.75 Å². The van der Waals surface area contributed by atoms with Crippen LogP contribution in [-0.2, 0) is 11.3 Å². The maximum Gasteiger partial charge on any atom is 0.258 e. The van der Waals surface area contributed by atoms with Gasteiger partial charge in [-0.1, -0.05) is 12.1 Å². The first-order valence-corrected chi connectivity index (χ1v) is 7.39. The number of ether oxygens (including phenoxy) is 1. The third-order valence-electron chi connectivity index (χ3n) is 2.76. The van der Waals surface area contributed by atoms with Crippen LogP contribution in [0.25, 0.3) is 0 Å². The van der Waals surface area contributed by atoms with E-state index in [2.05, 4.69) is 34.0 Å². The molecule has 2 aromatic carbocycles. The van der Waals surface area contributed by atoms with Crippen molar-refractivity contribution in [2.45, 2.75) is 6.54 Å². The van der Waals surface area contributed by atoms with Gasteiger partial charge in [0, 0.05) is 10.1 Å². The van der Waals surface area contributed by atoms with Crippen LogP contribution in [0.5, 0.6) is 5.75 Å². The summed E-state index contributed by atoms with van der Waals surface area (Å²) in [7, 11) is 0. The summed E-state index contributed by atoms with van der Waals surface area (Å²) in [5.41, 5.74) is 1.55. The van der Waals surface area contributed by atoms with Gasteiger partial charge in [-0.05, 0) is 64.6 Å². The molecule has 0 spiro atoms. The standard InChI is InChI=1S/C16H13IN2O2/c17-14-5-7-15(8-6-14)21-11-16(20)19-10-13-3-1-12(9-18)2-4-13/h1-8H,10-11H2,(H,19,20). The summed E-state index contributed by atoms with van der Waals surface area (Å²) < 4.78 is 6.51. The number of hydrogen-bond donors (Lipinski definition) is 1. The van der Waals surface area contributed by atoms with Crippen molar-refractivity contribution in [1.82, 2.24) is 5.32 Å². The number of nitriles is 1.